The molecule has 0 radical (unpaired) electrons. The maximum Gasteiger partial charge on any atom is 0.314 e. The monoisotopic (exact) mass is 508 g/mol. The first-order valence-corrected chi connectivity index (χ1v) is 12.5. The van der Waals surface area contributed by atoms with E-state index >= 15 is 0 Å². The summed E-state index contributed by atoms with van der Waals surface area (Å²) in [6.45, 7) is 17.9. The predicted octanol–water partition coefficient (Wildman–Crippen LogP) is 6.28. The highest BCUT2D eigenvalue weighted by atomic mass is 19.2. The summed E-state index contributed by atoms with van der Waals surface area (Å²) in [7, 11) is 1.48. The molecular formula is C28H45FN2O5. The van der Waals surface area contributed by atoms with Crippen molar-refractivity contribution < 1.29 is 28.2 Å². The molecule has 0 N–H and O–H groups in total. The molecule has 0 amide bonds. The van der Waals surface area contributed by atoms with E-state index in [9.17, 15) is 14.0 Å². The Morgan fingerprint density at radius 2 is 1.72 bits per heavy atom. The second kappa shape index (κ2) is 12.9. The van der Waals surface area contributed by atoms with Crippen molar-refractivity contribution in [2.24, 2.45) is 11.3 Å². The van der Waals surface area contributed by atoms with E-state index in [1.54, 1.807) is 20.8 Å². The average molecular weight is 509 g/mol. The summed E-state index contributed by atoms with van der Waals surface area (Å²) in [6.07, 6.45) is 3.95. The molecule has 0 saturated heterocycles. The summed E-state index contributed by atoms with van der Waals surface area (Å²) < 4.78 is 30.3. The molecule has 7 nitrogen and oxygen atoms in total. The van der Waals surface area contributed by atoms with Crippen LogP contribution in [0.3, 0.4) is 0 Å². The summed E-state index contributed by atoms with van der Waals surface area (Å²) in [5, 5.41) is 0. The van der Waals surface area contributed by atoms with Gasteiger partial charge in [0, 0.05) is 13.5 Å². The fourth-order valence-corrected chi connectivity index (χ4v) is 3.26. The van der Waals surface area contributed by atoms with E-state index in [1.165, 1.54) is 32.7 Å². The van der Waals surface area contributed by atoms with Gasteiger partial charge in [0.2, 0.25) is 5.85 Å². The van der Waals surface area contributed by atoms with Crippen LogP contribution in [0.1, 0.15) is 103 Å². The van der Waals surface area contributed by atoms with Gasteiger partial charge in [-0.2, -0.15) is 0 Å². The normalized spacial score (nSPS) is 14.9. The highest BCUT2D eigenvalue weighted by Crippen LogP contribution is 2.27. The van der Waals surface area contributed by atoms with Gasteiger partial charge in [-0.25, -0.2) is 9.37 Å². The van der Waals surface area contributed by atoms with Crippen molar-refractivity contribution in [3.63, 3.8) is 0 Å². The highest BCUT2D eigenvalue weighted by molar-refractivity contribution is 5.94. The molecule has 204 valence electrons. The van der Waals surface area contributed by atoms with Gasteiger partial charge in [0.05, 0.1) is 30.3 Å². The Hall–Kier alpha value is -2.19. The molecule has 1 unspecified atom stereocenters. The zero-order valence-corrected chi connectivity index (χ0v) is 24.0. The Morgan fingerprint density at radius 3 is 2.19 bits per heavy atom. The molecule has 1 aromatic rings. The van der Waals surface area contributed by atoms with E-state index in [0.717, 1.165) is 5.69 Å². The minimum absolute atomic E-state index is 0.0165. The number of halogens is 1. The van der Waals surface area contributed by atoms with Crippen LogP contribution in [0, 0.1) is 18.3 Å². The molecule has 0 saturated carbocycles. The van der Waals surface area contributed by atoms with Crippen molar-refractivity contribution >= 4 is 17.8 Å². The Morgan fingerprint density at radius 1 is 1.11 bits per heavy atom. The topological polar surface area (TPSA) is 87.6 Å². The number of ketones is 1. The number of alkyl halides is 1. The quantitative estimate of drug-likeness (QED) is 0.242. The first kappa shape index (κ1) is 31.8. The number of aryl methyl sites for hydroxylation is 1. The van der Waals surface area contributed by atoms with Crippen LogP contribution in [0.15, 0.2) is 11.8 Å². The molecule has 1 aromatic heterocycles. The average Bonchev–Trinajstić information content (AvgIpc) is 2.70. The van der Waals surface area contributed by atoms with E-state index in [-0.39, 0.29) is 24.2 Å². The number of Topliss-reactive ketones (excluding diaryl/α,β-unsaturated/α-hetero) is 1. The van der Waals surface area contributed by atoms with Gasteiger partial charge in [0.15, 0.2) is 5.78 Å². The van der Waals surface area contributed by atoms with E-state index in [4.69, 9.17) is 14.2 Å². The minimum atomic E-state index is -1.90. The first-order chi connectivity index (χ1) is 16.3. The lowest BCUT2D eigenvalue weighted by Gasteiger charge is -2.29. The molecule has 8 heteroatoms. The molecule has 0 aliphatic heterocycles. The van der Waals surface area contributed by atoms with E-state index in [2.05, 4.69) is 37.7 Å². The van der Waals surface area contributed by atoms with Gasteiger partial charge in [0.25, 0.3) is 0 Å². The molecule has 1 heterocycles. The van der Waals surface area contributed by atoms with Crippen molar-refractivity contribution in [3.8, 4) is 0 Å². The van der Waals surface area contributed by atoms with Crippen molar-refractivity contribution in [3.05, 3.63) is 28.9 Å². The second-order valence-corrected chi connectivity index (χ2v) is 11.7. The minimum Gasteiger partial charge on any atom is -0.460 e. The fraction of sp³-hybridized carbons (Fsp3) is 0.714. The third-order valence-electron chi connectivity index (χ3n) is 5.77. The third-order valence-corrected chi connectivity index (χ3v) is 5.77. The Balaban J connectivity index is 2.89. The third kappa shape index (κ3) is 11.2. The lowest BCUT2D eigenvalue weighted by atomic mass is 9.87. The molecule has 1 rings (SSSR count). The standard InChI is InChI=1S/C28H45FN2O5/c1-18(26(3,4)5)15-21-19(2)31-22(16-30-21)23(32)13-12-14-24(34-11)20(17-35-28(9,10)29)25(33)36-27(6,7)8/h15-16,20,24H,12-14,17H2,1-11H3/b18-15+/t20-,24?/m0/s1. The second-order valence-electron chi connectivity index (χ2n) is 11.7. The van der Waals surface area contributed by atoms with E-state index in [1.807, 2.05) is 13.0 Å². The number of esters is 1. The smallest absolute Gasteiger partial charge is 0.314 e. The highest BCUT2D eigenvalue weighted by Gasteiger charge is 2.34. The number of allylic oxidation sites excluding steroid dienone is 1. The van der Waals surface area contributed by atoms with Gasteiger partial charge in [0.1, 0.15) is 17.2 Å². The van der Waals surface area contributed by atoms with Crippen LogP contribution in [0.5, 0.6) is 0 Å². The number of ether oxygens (including phenoxy) is 3. The molecule has 0 aliphatic carbocycles. The predicted molar refractivity (Wildman–Crippen MR) is 139 cm³/mol. The summed E-state index contributed by atoms with van der Waals surface area (Å²) in [5.74, 6) is -3.41. The van der Waals surface area contributed by atoms with Gasteiger partial charge < -0.3 is 14.2 Å². The zero-order valence-electron chi connectivity index (χ0n) is 24.0. The lowest BCUT2D eigenvalue weighted by molar-refractivity contribution is -0.179. The van der Waals surface area contributed by atoms with Crippen LogP contribution in [0.25, 0.3) is 6.08 Å². The summed E-state index contributed by atoms with van der Waals surface area (Å²) in [5.41, 5.74) is 2.22. The van der Waals surface area contributed by atoms with Crippen LogP contribution in [0.2, 0.25) is 0 Å². The summed E-state index contributed by atoms with van der Waals surface area (Å²) in [6, 6.07) is 0. The zero-order chi connectivity index (χ0) is 27.9. The number of carbonyl (C=O) groups is 2. The molecule has 0 aromatic carbocycles. The maximum atomic E-state index is 14.0. The van der Waals surface area contributed by atoms with Gasteiger partial charge >= 0.3 is 5.97 Å². The lowest BCUT2D eigenvalue weighted by Crippen LogP contribution is -2.40. The Bertz CT molecular complexity index is 923. The molecule has 2 atom stereocenters. The molecule has 0 bridgehead atoms. The number of methoxy groups -OCH3 is 1. The number of carbonyl (C=O) groups excluding carboxylic acids is 2. The number of hydrogen-bond acceptors (Lipinski definition) is 7. The van der Waals surface area contributed by atoms with E-state index < -0.39 is 29.4 Å². The van der Waals surface area contributed by atoms with Gasteiger partial charge in [-0.1, -0.05) is 26.3 Å². The van der Waals surface area contributed by atoms with Crippen LogP contribution in [-0.4, -0.2) is 53.0 Å². The van der Waals surface area contributed by atoms with Crippen LogP contribution >= 0.6 is 0 Å². The van der Waals surface area contributed by atoms with Crippen molar-refractivity contribution in [1.29, 1.82) is 0 Å². The maximum absolute atomic E-state index is 14.0. The fourth-order valence-electron chi connectivity index (χ4n) is 3.26. The number of nitrogens with zero attached hydrogens (tertiary/aromatic N) is 2. The molecule has 0 aliphatic rings. The first-order valence-electron chi connectivity index (χ1n) is 12.5. The molecule has 0 spiro atoms. The number of hydrogen-bond donors (Lipinski definition) is 0. The molecular weight excluding hydrogens is 463 g/mol. The number of rotatable bonds is 12. The van der Waals surface area contributed by atoms with Crippen LogP contribution < -0.4 is 0 Å². The SMILES string of the molecule is COC(CCCC(=O)c1cnc(/C=C(\C)C(C)(C)C)c(C)n1)[C@H](COC(C)(C)F)C(=O)OC(C)(C)C. The van der Waals surface area contributed by atoms with Crippen molar-refractivity contribution in [2.45, 2.75) is 106 Å². The van der Waals surface area contributed by atoms with Gasteiger partial charge in [-0.3, -0.25) is 14.6 Å². The van der Waals surface area contributed by atoms with Gasteiger partial charge in [-0.05, 0) is 72.8 Å². The van der Waals surface area contributed by atoms with Crippen LogP contribution in [-0.2, 0) is 19.0 Å². The largest absolute Gasteiger partial charge is 0.460 e. The van der Waals surface area contributed by atoms with Gasteiger partial charge in [-0.15, -0.1) is 0 Å². The van der Waals surface area contributed by atoms with Crippen LogP contribution in [0.4, 0.5) is 4.39 Å². The van der Waals surface area contributed by atoms with E-state index in [0.29, 0.717) is 24.2 Å². The van der Waals surface area contributed by atoms with Crippen molar-refractivity contribution in [2.75, 3.05) is 13.7 Å². The number of aromatic nitrogens is 2. The summed E-state index contributed by atoms with van der Waals surface area (Å²) in [4.78, 5) is 34.5. The molecule has 0 fully saturated rings. The Kier molecular flexibility index (Phi) is 11.4. The van der Waals surface area contributed by atoms with Crippen molar-refractivity contribution in [1.82, 2.24) is 9.97 Å². The Labute approximate surface area is 216 Å². The summed E-state index contributed by atoms with van der Waals surface area (Å²) >= 11 is 0. The molecule has 36 heavy (non-hydrogen) atoms.